The van der Waals surface area contributed by atoms with E-state index in [9.17, 15) is 4.79 Å². The van der Waals surface area contributed by atoms with Crippen LogP contribution >= 0.6 is 15.9 Å². The number of aryl methyl sites for hydroxylation is 1. The van der Waals surface area contributed by atoms with Gasteiger partial charge in [-0.15, -0.1) is 0 Å². The van der Waals surface area contributed by atoms with Crippen LogP contribution in [0, 0.1) is 0 Å². The summed E-state index contributed by atoms with van der Waals surface area (Å²) in [5, 5.41) is 6.11. The van der Waals surface area contributed by atoms with Gasteiger partial charge in [-0.05, 0) is 51.2 Å². The minimum absolute atomic E-state index is 0.0903. The van der Waals surface area contributed by atoms with Gasteiger partial charge in [0, 0.05) is 6.21 Å². The highest BCUT2D eigenvalue weighted by atomic mass is 79.9. The fraction of sp³-hybridized carbons (Fsp3) is 0.143. The van der Waals surface area contributed by atoms with Crippen LogP contribution in [0.3, 0.4) is 0 Å². The third-order valence-electron chi connectivity index (χ3n) is 3.87. The fourth-order valence-electron chi connectivity index (χ4n) is 2.56. The van der Waals surface area contributed by atoms with Crippen LogP contribution in [0.4, 0.5) is 0 Å². The van der Waals surface area contributed by atoms with Gasteiger partial charge in [0.05, 0.1) is 4.47 Å². The number of halogens is 1. The van der Waals surface area contributed by atoms with Crippen LogP contribution < -0.4 is 10.2 Å². The second-order valence-electron chi connectivity index (χ2n) is 5.76. The van der Waals surface area contributed by atoms with Crippen LogP contribution in [0.15, 0.2) is 76.3 Å². The van der Waals surface area contributed by atoms with E-state index in [1.807, 2.05) is 54.6 Å². The molecule has 0 aromatic heterocycles. The van der Waals surface area contributed by atoms with Crippen molar-refractivity contribution in [3.05, 3.63) is 76.8 Å². The van der Waals surface area contributed by atoms with Crippen LogP contribution in [0.1, 0.15) is 12.0 Å². The van der Waals surface area contributed by atoms with Crippen molar-refractivity contribution >= 4 is 38.8 Å². The second kappa shape index (κ2) is 9.15. The number of nitrogens with zero attached hydrogens (tertiary/aromatic N) is 1. The average Bonchev–Trinajstić information content (AvgIpc) is 2.68. The SMILES string of the molecule is O=C(COc1ccc2ccccc2c1Br)N/N=C/CCc1ccccc1. The molecule has 0 fully saturated rings. The molecule has 0 atom stereocenters. The lowest BCUT2D eigenvalue weighted by Gasteiger charge is -2.09. The Kier molecular flexibility index (Phi) is 6.39. The third kappa shape index (κ3) is 4.92. The first-order valence-electron chi connectivity index (χ1n) is 8.38. The number of rotatable bonds is 7. The number of hydrogen-bond acceptors (Lipinski definition) is 3. The molecule has 0 bridgehead atoms. The summed E-state index contributed by atoms with van der Waals surface area (Å²) in [5.74, 6) is 0.341. The molecule has 0 aliphatic rings. The molecule has 5 heteroatoms. The Bertz CT molecular complexity index is 910. The van der Waals surface area contributed by atoms with Crippen molar-refractivity contribution < 1.29 is 9.53 Å². The lowest BCUT2D eigenvalue weighted by molar-refractivity contribution is -0.123. The van der Waals surface area contributed by atoms with Gasteiger partial charge in [-0.25, -0.2) is 5.43 Å². The molecule has 132 valence electrons. The zero-order chi connectivity index (χ0) is 18.2. The Balaban J connectivity index is 1.45. The topological polar surface area (TPSA) is 50.7 Å². The van der Waals surface area contributed by atoms with E-state index in [1.165, 1.54) is 5.56 Å². The summed E-state index contributed by atoms with van der Waals surface area (Å²) in [7, 11) is 0. The van der Waals surface area contributed by atoms with Crippen LogP contribution in [-0.2, 0) is 11.2 Å². The smallest absolute Gasteiger partial charge is 0.277 e. The molecule has 0 heterocycles. The van der Waals surface area contributed by atoms with E-state index in [2.05, 4.69) is 38.6 Å². The normalized spacial score (nSPS) is 11.0. The van der Waals surface area contributed by atoms with E-state index in [4.69, 9.17) is 4.74 Å². The highest BCUT2D eigenvalue weighted by Crippen LogP contribution is 2.32. The van der Waals surface area contributed by atoms with Gasteiger partial charge in [0.1, 0.15) is 5.75 Å². The Morgan fingerprint density at radius 2 is 1.81 bits per heavy atom. The Labute approximate surface area is 161 Å². The molecular formula is C21H19BrN2O2. The van der Waals surface area contributed by atoms with Crippen LogP contribution in [0.25, 0.3) is 10.8 Å². The lowest BCUT2D eigenvalue weighted by atomic mass is 10.1. The molecule has 0 aliphatic heterocycles. The highest BCUT2D eigenvalue weighted by Gasteiger charge is 2.08. The van der Waals surface area contributed by atoms with Gasteiger partial charge in [0.2, 0.25) is 0 Å². The van der Waals surface area contributed by atoms with Crippen LogP contribution in [0.5, 0.6) is 5.75 Å². The van der Waals surface area contributed by atoms with Gasteiger partial charge in [-0.2, -0.15) is 5.10 Å². The molecule has 26 heavy (non-hydrogen) atoms. The molecule has 0 saturated carbocycles. The summed E-state index contributed by atoms with van der Waals surface area (Å²) in [6.45, 7) is -0.0903. The number of fused-ring (bicyclic) bond motifs is 1. The summed E-state index contributed by atoms with van der Waals surface area (Å²) >= 11 is 3.54. The molecule has 1 amide bonds. The quantitative estimate of drug-likeness (QED) is 0.452. The Morgan fingerprint density at radius 1 is 1.04 bits per heavy atom. The fourth-order valence-corrected chi connectivity index (χ4v) is 3.17. The number of carbonyl (C=O) groups is 1. The van der Waals surface area contributed by atoms with E-state index in [-0.39, 0.29) is 12.5 Å². The van der Waals surface area contributed by atoms with Crippen molar-refractivity contribution in [3.63, 3.8) is 0 Å². The number of benzene rings is 3. The summed E-state index contributed by atoms with van der Waals surface area (Å²) in [6, 6.07) is 22.0. The van der Waals surface area contributed by atoms with Gasteiger partial charge in [0.25, 0.3) is 5.91 Å². The van der Waals surface area contributed by atoms with E-state index < -0.39 is 0 Å². The highest BCUT2D eigenvalue weighted by molar-refractivity contribution is 9.10. The van der Waals surface area contributed by atoms with E-state index in [0.29, 0.717) is 5.75 Å². The molecule has 1 N–H and O–H groups in total. The van der Waals surface area contributed by atoms with Crippen LogP contribution in [0.2, 0.25) is 0 Å². The van der Waals surface area contributed by atoms with Gasteiger partial charge in [0.15, 0.2) is 6.61 Å². The predicted octanol–water partition coefficient (Wildman–Crippen LogP) is 4.72. The number of carbonyl (C=O) groups excluding carboxylic acids is 1. The van der Waals surface area contributed by atoms with Crippen molar-refractivity contribution in [2.45, 2.75) is 12.8 Å². The standard InChI is InChI=1S/C21H19BrN2O2/c22-21-18-11-5-4-10-17(18)12-13-19(21)26-15-20(25)24-23-14-6-9-16-7-2-1-3-8-16/h1-5,7-8,10-14H,6,9,15H2,(H,24,25)/b23-14+. The first-order chi connectivity index (χ1) is 12.7. The summed E-state index contributed by atoms with van der Waals surface area (Å²) < 4.78 is 6.44. The van der Waals surface area contributed by atoms with E-state index in [0.717, 1.165) is 28.1 Å². The van der Waals surface area contributed by atoms with Crippen molar-refractivity contribution in [1.82, 2.24) is 5.43 Å². The maximum absolute atomic E-state index is 11.9. The molecule has 0 spiro atoms. The van der Waals surface area contributed by atoms with Crippen molar-refractivity contribution in [2.24, 2.45) is 5.10 Å². The van der Waals surface area contributed by atoms with Crippen molar-refractivity contribution in [1.29, 1.82) is 0 Å². The molecule has 4 nitrogen and oxygen atoms in total. The number of nitrogens with one attached hydrogen (secondary N) is 1. The zero-order valence-electron chi connectivity index (χ0n) is 14.2. The van der Waals surface area contributed by atoms with Crippen molar-refractivity contribution in [2.75, 3.05) is 6.61 Å². The monoisotopic (exact) mass is 410 g/mol. The van der Waals surface area contributed by atoms with E-state index in [1.54, 1.807) is 6.21 Å². The average molecular weight is 411 g/mol. The molecule has 0 saturated heterocycles. The molecule has 3 aromatic carbocycles. The first-order valence-corrected chi connectivity index (χ1v) is 9.17. The maximum atomic E-state index is 11.9. The van der Waals surface area contributed by atoms with Gasteiger partial charge >= 0.3 is 0 Å². The lowest BCUT2D eigenvalue weighted by Crippen LogP contribution is -2.24. The van der Waals surface area contributed by atoms with Crippen LogP contribution in [-0.4, -0.2) is 18.7 Å². The summed E-state index contributed by atoms with van der Waals surface area (Å²) in [5.41, 5.74) is 3.73. The Hall–Kier alpha value is -2.66. The van der Waals surface area contributed by atoms with Gasteiger partial charge < -0.3 is 4.74 Å². The second-order valence-corrected chi connectivity index (χ2v) is 6.55. The summed E-state index contributed by atoms with van der Waals surface area (Å²) in [4.78, 5) is 11.9. The number of ether oxygens (including phenoxy) is 1. The zero-order valence-corrected chi connectivity index (χ0v) is 15.8. The largest absolute Gasteiger partial charge is 0.483 e. The molecule has 3 aromatic rings. The first kappa shape index (κ1) is 18.1. The minimum atomic E-state index is -0.291. The van der Waals surface area contributed by atoms with Gasteiger partial charge in [-0.3, -0.25) is 4.79 Å². The number of hydrazone groups is 1. The summed E-state index contributed by atoms with van der Waals surface area (Å²) in [6.07, 6.45) is 3.36. The number of amides is 1. The molecule has 0 unspecified atom stereocenters. The Morgan fingerprint density at radius 3 is 2.65 bits per heavy atom. The number of hydrogen-bond donors (Lipinski definition) is 1. The van der Waals surface area contributed by atoms with Crippen molar-refractivity contribution in [3.8, 4) is 5.75 Å². The molecule has 0 aliphatic carbocycles. The minimum Gasteiger partial charge on any atom is -0.483 e. The molecule has 0 radical (unpaired) electrons. The third-order valence-corrected chi connectivity index (χ3v) is 4.69. The predicted molar refractivity (Wildman–Crippen MR) is 109 cm³/mol. The molecule has 3 rings (SSSR count). The molecular weight excluding hydrogens is 392 g/mol. The maximum Gasteiger partial charge on any atom is 0.277 e. The van der Waals surface area contributed by atoms with E-state index >= 15 is 0 Å². The van der Waals surface area contributed by atoms with Gasteiger partial charge in [-0.1, -0.05) is 60.7 Å².